The molecule has 3 nitrogen and oxygen atoms in total. The molecule has 1 aliphatic rings. The molecule has 0 unspecified atom stereocenters. The van der Waals surface area contributed by atoms with Gasteiger partial charge in [0.05, 0.1) is 11.5 Å². The molecule has 0 saturated carbocycles. The number of hydrogen-bond donors (Lipinski definition) is 1. The molecule has 1 heterocycles. The van der Waals surface area contributed by atoms with Gasteiger partial charge in [-0.3, -0.25) is 0 Å². The van der Waals surface area contributed by atoms with Gasteiger partial charge < -0.3 is 10.2 Å². The highest BCUT2D eigenvalue weighted by Gasteiger charge is 2.20. The van der Waals surface area contributed by atoms with Crippen LogP contribution in [0.25, 0.3) is 0 Å². The van der Waals surface area contributed by atoms with Crippen molar-refractivity contribution in [2.75, 3.05) is 33.2 Å². The summed E-state index contributed by atoms with van der Waals surface area (Å²) < 4.78 is 0. The smallest absolute Gasteiger partial charge is 0.0683 e. The van der Waals surface area contributed by atoms with Gasteiger partial charge in [0.15, 0.2) is 0 Å². The molecule has 0 spiro atoms. The van der Waals surface area contributed by atoms with E-state index in [4.69, 9.17) is 5.26 Å². The van der Waals surface area contributed by atoms with Gasteiger partial charge >= 0.3 is 0 Å². The van der Waals surface area contributed by atoms with Crippen LogP contribution in [0.5, 0.6) is 0 Å². The summed E-state index contributed by atoms with van der Waals surface area (Å²) in [5.41, 5.74) is -0.148. The molecule has 0 aromatic carbocycles. The summed E-state index contributed by atoms with van der Waals surface area (Å²) >= 11 is 0. The van der Waals surface area contributed by atoms with Gasteiger partial charge in [-0.05, 0) is 78.7 Å². The Kier molecular flexibility index (Phi) is 5.94. The second-order valence-corrected chi connectivity index (χ2v) is 5.94. The number of nitriles is 1. The van der Waals surface area contributed by atoms with Crippen LogP contribution in [0.2, 0.25) is 0 Å². The number of nitrogens with zero attached hydrogens (tertiary/aromatic N) is 2. The first-order chi connectivity index (χ1) is 8.07. The first kappa shape index (κ1) is 14.5. The predicted octanol–water partition coefficient (Wildman–Crippen LogP) is 2.25. The zero-order valence-electron chi connectivity index (χ0n) is 11.6. The summed E-state index contributed by atoms with van der Waals surface area (Å²) in [6, 6.07) is 2.38. The molecule has 0 aromatic heterocycles. The molecule has 0 amide bonds. The quantitative estimate of drug-likeness (QED) is 0.770. The number of rotatable bonds is 6. The Morgan fingerprint density at radius 2 is 2.00 bits per heavy atom. The van der Waals surface area contributed by atoms with Crippen LogP contribution in [-0.2, 0) is 0 Å². The minimum absolute atomic E-state index is 0.148. The van der Waals surface area contributed by atoms with Gasteiger partial charge in [0.2, 0.25) is 0 Å². The standard InChI is InChI=1S/C14H27N3/c1-14(2,12-15)7-4-8-17-9-5-13(6-10-17)11-16-3/h13,16H,4-11H2,1-3H3. The number of nitrogens with one attached hydrogen (secondary N) is 1. The molecule has 0 radical (unpaired) electrons. The van der Waals surface area contributed by atoms with E-state index in [1.807, 2.05) is 20.9 Å². The van der Waals surface area contributed by atoms with E-state index >= 15 is 0 Å². The third-order valence-electron chi connectivity index (χ3n) is 3.78. The van der Waals surface area contributed by atoms with Crippen molar-refractivity contribution in [3.8, 4) is 6.07 Å². The number of piperidine rings is 1. The maximum atomic E-state index is 8.95. The lowest BCUT2D eigenvalue weighted by molar-refractivity contribution is 0.176. The molecular formula is C14H27N3. The molecule has 1 N–H and O–H groups in total. The largest absolute Gasteiger partial charge is 0.319 e. The Hall–Kier alpha value is -0.590. The Balaban J connectivity index is 2.13. The van der Waals surface area contributed by atoms with E-state index in [1.54, 1.807) is 0 Å². The SMILES string of the molecule is CNCC1CCN(CCCC(C)(C)C#N)CC1. The zero-order valence-corrected chi connectivity index (χ0v) is 11.6. The average Bonchev–Trinajstić information content (AvgIpc) is 2.32. The summed E-state index contributed by atoms with van der Waals surface area (Å²) in [5, 5.41) is 12.2. The molecule has 17 heavy (non-hydrogen) atoms. The zero-order chi connectivity index (χ0) is 12.7. The number of hydrogen-bond acceptors (Lipinski definition) is 3. The maximum absolute atomic E-state index is 8.95. The predicted molar refractivity (Wildman–Crippen MR) is 71.7 cm³/mol. The van der Waals surface area contributed by atoms with Crippen molar-refractivity contribution < 1.29 is 0 Å². The maximum Gasteiger partial charge on any atom is 0.0683 e. The molecule has 0 atom stereocenters. The van der Waals surface area contributed by atoms with E-state index < -0.39 is 0 Å². The highest BCUT2D eigenvalue weighted by molar-refractivity contribution is 4.91. The van der Waals surface area contributed by atoms with Gasteiger partial charge in [-0.15, -0.1) is 0 Å². The van der Waals surface area contributed by atoms with Crippen molar-refractivity contribution in [1.82, 2.24) is 10.2 Å². The van der Waals surface area contributed by atoms with Crippen LogP contribution in [0.4, 0.5) is 0 Å². The summed E-state index contributed by atoms with van der Waals surface area (Å²) in [4.78, 5) is 2.56. The van der Waals surface area contributed by atoms with Gasteiger partial charge in [-0.2, -0.15) is 5.26 Å². The summed E-state index contributed by atoms with van der Waals surface area (Å²) in [6.07, 6.45) is 4.81. The van der Waals surface area contributed by atoms with Crippen LogP contribution in [0.3, 0.4) is 0 Å². The minimum Gasteiger partial charge on any atom is -0.319 e. The van der Waals surface area contributed by atoms with Crippen molar-refractivity contribution >= 4 is 0 Å². The van der Waals surface area contributed by atoms with Crippen LogP contribution in [0.1, 0.15) is 39.5 Å². The number of likely N-dealkylation sites (tertiary alicyclic amines) is 1. The highest BCUT2D eigenvalue weighted by atomic mass is 15.1. The van der Waals surface area contributed by atoms with Crippen LogP contribution in [0.15, 0.2) is 0 Å². The monoisotopic (exact) mass is 237 g/mol. The molecule has 1 saturated heterocycles. The summed E-state index contributed by atoms with van der Waals surface area (Å²) in [7, 11) is 2.04. The van der Waals surface area contributed by atoms with Gasteiger partial charge in [-0.1, -0.05) is 0 Å². The van der Waals surface area contributed by atoms with Gasteiger partial charge in [0.25, 0.3) is 0 Å². The lowest BCUT2D eigenvalue weighted by atomic mass is 9.89. The molecule has 1 rings (SSSR count). The molecule has 3 heteroatoms. The van der Waals surface area contributed by atoms with Crippen molar-refractivity contribution in [1.29, 1.82) is 5.26 Å². The lowest BCUT2D eigenvalue weighted by Crippen LogP contribution is -2.37. The molecule has 0 aromatic rings. The van der Waals surface area contributed by atoms with Crippen molar-refractivity contribution in [2.45, 2.75) is 39.5 Å². The summed E-state index contributed by atoms with van der Waals surface area (Å²) in [5.74, 6) is 0.867. The van der Waals surface area contributed by atoms with Crippen LogP contribution in [-0.4, -0.2) is 38.1 Å². The average molecular weight is 237 g/mol. The van der Waals surface area contributed by atoms with Crippen molar-refractivity contribution in [2.24, 2.45) is 11.3 Å². The fourth-order valence-corrected chi connectivity index (χ4v) is 2.50. The van der Waals surface area contributed by atoms with Crippen LogP contribution >= 0.6 is 0 Å². The Morgan fingerprint density at radius 3 is 2.53 bits per heavy atom. The van der Waals surface area contributed by atoms with Crippen molar-refractivity contribution in [3.05, 3.63) is 0 Å². The minimum atomic E-state index is -0.148. The molecule has 98 valence electrons. The fraction of sp³-hybridized carbons (Fsp3) is 0.929. The third kappa shape index (κ3) is 5.52. The molecular weight excluding hydrogens is 210 g/mol. The van der Waals surface area contributed by atoms with Crippen LogP contribution in [0, 0.1) is 22.7 Å². The van der Waals surface area contributed by atoms with E-state index in [9.17, 15) is 0 Å². The lowest BCUT2D eigenvalue weighted by Gasteiger charge is -2.32. The van der Waals surface area contributed by atoms with E-state index in [2.05, 4.69) is 16.3 Å². The van der Waals surface area contributed by atoms with Crippen molar-refractivity contribution in [3.63, 3.8) is 0 Å². The Morgan fingerprint density at radius 1 is 1.35 bits per heavy atom. The first-order valence-corrected chi connectivity index (χ1v) is 6.85. The molecule has 1 fully saturated rings. The highest BCUT2D eigenvalue weighted by Crippen LogP contribution is 2.22. The third-order valence-corrected chi connectivity index (χ3v) is 3.78. The Labute approximate surface area is 106 Å². The van der Waals surface area contributed by atoms with Gasteiger partial charge in [0.1, 0.15) is 0 Å². The second-order valence-electron chi connectivity index (χ2n) is 5.94. The van der Waals surface area contributed by atoms with Crippen LogP contribution < -0.4 is 5.32 Å². The van der Waals surface area contributed by atoms with E-state index in [0.29, 0.717) is 0 Å². The van der Waals surface area contributed by atoms with E-state index in [0.717, 1.165) is 31.8 Å². The Bertz CT molecular complexity index is 247. The molecule has 0 bridgehead atoms. The topological polar surface area (TPSA) is 39.1 Å². The van der Waals surface area contributed by atoms with E-state index in [-0.39, 0.29) is 5.41 Å². The van der Waals surface area contributed by atoms with E-state index in [1.165, 1.54) is 25.9 Å². The first-order valence-electron chi connectivity index (χ1n) is 6.85. The van der Waals surface area contributed by atoms with Gasteiger partial charge in [-0.25, -0.2) is 0 Å². The fourth-order valence-electron chi connectivity index (χ4n) is 2.50. The normalized spacial score (nSPS) is 19.2. The summed E-state index contributed by atoms with van der Waals surface area (Å²) in [6.45, 7) is 8.86. The van der Waals surface area contributed by atoms with Gasteiger partial charge in [0, 0.05) is 0 Å². The molecule has 0 aliphatic carbocycles. The molecule has 1 aliphatic heterocycles. The second kappa shape index (κ2) is 6.98.